The van der Waals surface area contributed by atoms with E-state index < -0.39 is 0 Å². The zero-order valence-electron chi connectivity index (χ0n) is 10.6. The first kappa shape index (κ1) is 15.3. The molecule has 0 spiro atoms. The van der Waals surface area contributed by atoms with E-state index in [9.17, 15) is 4.79 Å². The number of carbonyl (C=O) groups excluding carboxylic acids is 1. The first-order valence-electron chi connectivity index (χ1n) is 5.87. The largest absolute Gasteiger partial charge is 0.333 e. The summed E-state index contributed by atoms with van der Waals surface area (Å²) >= 11 is 5.99. The predicted octanol–water partition coefficient (Wildman–Crippen LogP) is 2.50. The number of amides is 1. The molecule has 18 heavy (non-hydrogen) atoms. The van der Waals surface area contributed by atoms with E-state index in [0.29, 0.717) is 10.6 Å². The van der Waals surface area contributed by atoms with Crippen LogP contribution in [0.1, 0.15) is 22.8 Å². The molecule has 2 rings (SSSR count). The Balaban J connectivity index is 0.00000162. The Morgan fingerprint density at radius 1 is 1.44 bits per heavy atom. The maximum absolute atomic E-state index is 12.4. The van der Waals surface area contributed by atoms with Crippen LogP contribution in [0.2, 0.25) is 5.02 Å². The number of hydrogen-bond donors (Lipinski definition) is 1. The average molecular weight is 289 g/mol. The van der Waals surface area contributed by atoms with Crippen LogP contribution in [0.25, 0.3) is 0 Å². The number of piperazine rings is 1. The van der Waals surface area contributed by atoms with Crippen molar-refractivity contribution in [1.82, 2.24) is 10.2 Å². The molecular weight excluding hydrogens is 271 g/mol. The highest BCUT2D eigenvalue weighted by molar-refractivity contribution is 6.31. The van der Waals surface area contributed by atoms with Gasteiger partial charge in [0.2, 0.25) is 0 Å². The molecule has 0 saturated carbocycles. The summed E-state index contributed by atoms with van der Waals surface area (Å²) in [5.74, 6) is 0.0737. The number of benzene rings is 1. The topological polar surface area (TPSA) is 32.3 Å². The number of aryl methyl sites for hydroxylation is 1. The molecule has 0 aliphatic carbocycles. The Morgan fingerprint density at radius 2 is 2.17 bits per heavy atom. The van der Waals surface area contributed by atoms with Crippen LogP contribution in [-0.4, -0.2) is 36.5 Å². The number of nitrogens with zero attached hydrogens (tertiary/aromatic N) is 1. The maximum Gasteiger partial charge on any atom is 0.254 e. The Bertz CT molecular complexity index is 417. The van der Waals surface area contributed by atoms with E-state index in [4.69, 9.17) is 11.6 Å². The highest BCUT2D eigenvalue weighted by atomic mass is 35.5. The van der Waals surface area contributed by atoms with Crippen LogP contribution in [0.3, 0.4) is 0 Å². The number of halogens is 2. The molecule has 100 valence electrons. The monoisotopic (exact) mass is 288 g/mol. The quantitative estimate of drug-likeness (QED) is 0.861. The number of hydrogen-bond acceptors (Lipinski definition) is 2. The van der Waals surface area contributed by atoms with Crippen molar-refractivity contribution in [1.29, 1.82) is 0 Å². The summed E-state index contributed by atoms with van der Waals surface area (Å²) in [5, 5.41) is 3.90. The van der Waals surface area contributed by atoms with Crippen LogP contribution in [0.15, 0.2) is 18.2 Å². The van der Waals surface area contributed by atoms with Crippen molar-refractivity contribution < 1.29 is 4.79 Å². The van der Waals surface area contributed by atoms with Gasteiger partial charge in [0, 0.05) is 36.3 Å². The molecule has 1 aliphatic rings. The van der Waals surface area contributed by atoms with E-state index in [-0.39, 0.29) is 24.4 Å². The molecule has 1 N–H and O–H groups in total. The Kier molecular flexibility index (Phi) is 5.45. The zero-order valence-corrected chi connectivity index (χ0v) is 12.1. The molecule has 5 heteroatoms. The van der Waals surface area contributed by atoms with Gasteiger partial charge in [-0.3, -0.25) is 4.79 Å². The van der Waals surface area contributed by atoms with Gasteiger partial charge in [-0.2, -0.15) is 0 Å². The van der Waals surface area contributed by atoms with Gasteiger partial charge in [-0.25, -0.2) is 0 Å². The fraction of sp³-hybridized carbons (Fsp3) is 0.462. The molecule has 1 saturated heterocycles. The molecule has 0 aromatic heterocycles. The molecule has 1 amide bonds. The third-order valence-electron chi connectivity index (χ3n) is 3.05. The van der Waals surface area contributed by atoms with E-state index >= 15 is 0 Å². The molecule has 1 aromatic rings. The van der Waals surface area contributed by atoms with Crippen molar-refractivity contribution >= 4 is 29.9 Å². The second kappa shape index (κ2) is 6.41. The van der Waals surface area contributed by atoms with E-state index in [1.807, 2.05) is 24.0 Å². The fourth-order valence-corrected chi connectivity index (χ4v) is 2.46. The molecule has 1 aromatic carbocycles. The van der Waals surface area contributed by atoms with Gasteiger partial charge >= 0.3 is 0 Å². The van der Waals surface area contributed by atoms with E-state index in [0.717, 1.165) is 25.2 Å². The van der Waals surface area contributed by atoms with Crippen LogP contribution in [-0.2, 0) is 0 Å². The van der Waals surface area contributed by atoms with Crippen LogP contribution < -0.4 is 5.32 Å². The van der Waals surface area contributed by atoms with Crippen LogP contribution in [0, 0.1) is 6.92 Å². The SMILES string of the molecule is Cc1cc(Cl)cc(C(=O)N2CCNCC2C)c1.Cl. The van der Waals surface area contributed by atoms with Crippen LogP contribution >= 0.6 is 24.0 Å². The Hall–Kier alpha value is -0.770. The lowest BCUT2D eigenvalue weighted by Crippen LogP contribution is -2.52. The van der Waals surface area contributed by atoms with Gasteiger partial charge in [-0.15, -0.1) is 12.4 Å². The Morgan fingerprint density at radius 3 is 2.78 bits per heavy atom. The summed E-state index contributed by atoms with van der Waals surface area (Å²) in [6.45, 7) is 6.47. The fourth-order valence-electron chi connectivity index (χ4n) is 2.17. The molecule has 1 fully saturated rings. The van der Waals surface area contributed by atoms with Gasteiger partial charge in [0.05, 0.1) is 0 Å². The van der Waals surface area contributed by atoms with Crippen LogP contribution in [0.4, 0.5) is 0 Å². The minimum atomic E-state index is 0. The summed E-state index contributed by atoms with van der Waals surface area (Å²) in [5.41, 5.74) is 1.70. The van der Waals surface area contributed by atoms with Crippen molar-refractivity contribution in [2.45, 2.75) is 19.9 Å². The summed E-state index contributed by atoms with van der Waals surface area (Å²) in [6, 6.07) is 5.73. The van der Waals surface area contributed by atoms with Crippen molar-refractivity contribution in [3.05, 3.63) is 34.3 Å². The van der Waals surface area contributed by atoms with Crippen molar-refractivity contribution in [3.63, 3.8) is 0 Å². The second-order valence-corrected chi connectivity index (χ2v) is 5.01. The maximum atomic E-state index is 12.4. The molecular formula is C13H18Cl2N2O. The molecule has 3 nitrogen and oxygen atoms in total. The summed E-state index contributed by atoms with van der Waals surface area (Å²) in [6.07, 6.45) is 0. The normalized spacial score (nSPS) is 19.3. The molecule has 0 radical (unpaired) electrons. The first-order chi connectivity index (χ1) is 8.08. The smallest absolute Gasteiger partial charge is 0.254 e. The van der Waals surface area contributed by atoms with E-state index in [1.54, 1.807) is 6.07 Å². The molecule has 1 unspecified atom stereocenters. The van der Waals surface area contributed by atoms with Gasteiger partial charge in [0.25, 0.3) is 5.91 Å². The summed E-state index contributed by atoms with van der Waals surface area (Å²) < 4.78 is 0. The van der Waals surface area contributed by atoms with Crippen molar-refractivity contribution in [2.75, 3.05) is 19.6 Å². The van der Waals surface area contributed by atoms with E-state index in [1.165, 1.54) is 0 Å². The summed E-state index contributed by atoms with van der Waals surface area (Å²) in [4.78, 5) is 14.3. The number of rotatable bonds is 1. The summed E-state index contributed by atoms with van der Waals surface area (Å²) in [7, 11) is 0. The van der Waals surface area contributed by atoms with Gasteiger partial charge in [-0.05, 0) is 37.6 Å². The first-order valence-corrected chi connectivity index (χ1v) is 6.24. The highest BCUT2D eigenvalue weighted by Gasteiger charge is 2.24. The molecule has 1 heterocycles. The second-order valence-electron chi connectivity index (χ2n) is 4.57. The third kappa shape index (κ3) is 3.37. The third-order valence-corrected chi connectivity index (χ3v) is 3.27. The lowest BCUT2D eigenvalue weighted by Gasteiger charge is -2.34. The lowest BCUT2D eigenvalue weighted by molar-refractivity contribution is 0.0655. The minimum Gasteiger partial charge on any atom is -0.333 e. The molecule has 1 atom stereocenters. The highest BCUT2D eigenvalue weighted by Crippen LogP contribution is 2.17. The standard InChI is InChI=1S/C13H17ClN2O.ClH/c1-9-5-11(7-12(14)6-9)13(17)16-4-3-15-8-10(16)2;/h5-7,10,15H,3-4,8H2,1-2H3;1H. The predicted molar refractivity (Wildman–Crippen MR) is 76.8 cm³/mol. The van der Waals surface area contributed by atoms with Gasteiger partial charge in [0.15, 0.2) is 0 Å². The van der Waals surface area contributed by atoms with Gasteiger partial charge in [0.1, 0.15) is 0 Å². The number of carbonyl (C=O) groups is 1. The van der Waals surface area contributed by atoms with Gasteiger partial charge < -0.3 is 10.2 Å². The van der Waals surface area contributed by atoms with E-state index in [2.05, 4.69) is 12.2 Å². The van der Waals surface area contributed by atoms with Gasteiger partial charge in [-0.1, -0.05) is 11.6 Å². The zero-order chi connectivity index (χ0) is 12.4. The molecule has 0 bridgehead atoms. The number of nitrogens with one attached hydrogen (secondary N) is 1. The minimum absolute atomic E-state index is 0. The van der Waals surface area contributed by atoms with Crippen LogP contribution in [0.5, 0.6) is 0 Å². The Labute approximate surface area is 119 Å². The average Bonchev–Trinajstić information content (AvgIpc) is 2.27. The van der Waals surface area contributed by atoms with Crippen molar-refractivity contribution in [3.8, 4) is 0 Å². The van der Waals surface area contributed by atoms with Crippen molar-refractivity contribution in [2.24, 2.45) is 0 Å². The molecule has 1 aliphatic heterocycles. The lowest BCUT2D eigenvalue weighted by atomic mass is 10.1.